The smallest absolute Gasteiger partial charge is 0.417 e. The lowest BCUT2D eigenvalue weighted by Crippen LogP contribution is -2.26. The van der Waals surface area contributed by atoms with Crippen molar-refractivity contribution in [1.82, 2.24) is 25.2 Å². The number of rotatable bonds is 2. The van der Waals surface area contributed by atoms with E-state index in [1.54, 1.807) is 6.92 Å². The Morgan fingerprint density at radius 3 is 2.50 bits per heavy atom. The number of alkyl halides is 3. The van der Waals surface area contributed by atoms with Crippen LogP contribution < -0.4 is 25.8 Å². The number of pyridine rings is 1. The zero-order valence-electron chi connectivity index (χ0n) is 26.9. The normalized spacial score (nSPS) is 19.9. The molecule has 0 radical (unpaired) electrons. The molecule has 0 spiro atoms. The number of hydrogen-bond acceptors (Lipinski definition) is 9. The number of hydrogen-bond donors (Lipinski definition) is 3. The van der Waals surface area contributed by atoms with E-state index in [2.05, 4.69) is 37.1 Å². The highest BCUT2D eigenvalue weighted by Crippen LogP contribution is 2.44. The summed E-state index contributed by atoms with van der Waals surface area (Å²) in [6.45, 7) is 14.7. The quantitative estimate of drug-likeness (QED) is 0.163. The maximum absolute atomic E-state index is 15.9. The van der Waals surface area contributed by atoms with Crippen molar-refractivity contribution in [1.29, 1.82) is 0 Å². The third-order valence-electron chi connectivity index (χ3n) is 8.06. The van der Waals surface area contributed by atoms with Gasteiger partial charge in [-0.2, -0.15) is 23.1 Å². The van der Waals surface area contributed by atoms with Crippen LogP contribution in [0.4, 0.5) is 33.5 Å². The summed E-state index contributed by atoms with van der Waals surface area (Å²) in [7, 11) is 1.27. The van der Waals surface area contributed by atoms with Crippen molar-refractivity contribution >= 4 is 22.4 Å². The van der Waals surface area contributed by atoms with E-state index in [1.165, 1.54) is 45.0 Å². The Morgan fingerprint density at radius 2 is 1.83 bits per heavy atom. The number of nitrogens with zero attached hydrogens (tertiary/aromatic N) is 4. The summed E-state index contributed by atoms with van der Waals surface area (Å²) in [6, 6.07) is 1.38. The van der Waals surface area contributed by atoms with Crippen LogP contribution in [0.15, 0.2) is 18.2 Å². The van der Waals surface area contributed by atoms with E-state index in [4.69, 9.17) is 15.2 Å². The second kappa shape index (κ2) is 14.8. The van der Waals surface area contributed by atoms with Crippen molar-refractivity contribution in [3.8, 4) is 23.1 Å². The Kier molecular flexibility index (Phi) is 11.3. The van der Waals surface area contributed by atoms with Crippen molar-refractivity contribution in [2.45, 2.75) is 71.7 Å². The fourth-order valence-corrected chi connectivity index (χ4v) is 5.94. The Labute approximate surface area is 265 Å². The summed E-state index contributed by atoms with van der Waals surface area (Å²) in [4.78, 5) is 15.0. The number of nitrogens with one attached hydrogen (secondary N) is 2. The van der Waals surface area contributed by atoms with Crippen LogP contribution in [0.25, 0.3) is 22.2 Å². The van der Waals surface area contributed by atoms with Crippen LogP contribution >= 0.6 is 0 Å². The molecule has 5 heterocycles. The summed E-state index contributed by atoms with van der Waals surface area (Å²) in [5.41, 5.74) is 2.48. The molecule has 4 N–H and O–H groups in total. The fourth-order valence-electron chi connectivity index (χ4n) is 5.94. The van der Waals surface area contributed by atoms with Crippen LogP contribution in [0.5, 0.6) is 11.9 Å². The van der Waals surface area contributed by atoms with Crippen LogP contribution in [0, 0.1) is 18.6 Å². The minimum absolute atomic E-state index is 0.0427. The molecule has 2 fully saturated rings. The summed E-state index contributed by atoms with van der Waals surface area (Å²) < 4.78 is 83.3. The van der Waals surface area contributed by atoms with Gasteiger partial charge in [-0.1, -0.05) is 26.0 Å². The number of nitrogen functional groups attached to an aromatic ring is 1. The van der Waals surface area contributed by atoms with Gasteiger partial charge in [0.15, 0.2) is 5.82 Å². The number of ether oxygens (including phenoxy) is 2. The minimum Gasteiger partial charge on any atom is -0.474 e. The summed E-state index contributed by atoms with van der Waals surface area (Å²) in [6.07, 6.45) is -0.812. The molecule has 14 heteroatoms. The maximum Gasteiger partial charge on any atom is 0.417 e. The van der Waals surface area contributed by atoms with E-state index < -0.39 is 52.0 Å². The van der Waals surface area contributed by atoms with Gasteiger partial charge in [-0.05, 0) is 64.3 Å². The molecule has 2 saturated heterocycles. The molecule has 1 aromatic carbocycles. The molecule has 0 aliphatic carbocycles. The Hall–Kier alpha value is -3.78. The highest BCUT2D eigenvalue weighted by molar-refractivity contribution is 5.96. The van der Waals surface area contributed by atoms with Gasteiger partial charge in [-0.3, -0.25) is 4.90 Å². The monoisotopic (exact) mass is 651 g/mol. The number of methoxy groups -OCH3 is 1. The molecule has 9 nitrogen and oxygen atoms in total. The number of aromatic nitrogens is 3. The predicted molar refractivity (Wildman–Crippen MR) is 169 cm³/mol. The summed E-state index contributed by atoms with van der Waals surface area (Å²) in [5, 5.41) is 6.28. The van der Waals surface area contributed by atoms with Gasteiger partial charge >= 0.3 is 12.2 Å². The van der Waals surface area contributed by atoms with E-state index in [0.29, 0.717) is 32.1 Å². The van der Waals surface area contributed by atoms with Gasteiger partial charge in [0.1, 0.15) is 28.2 Å². The van der Waals surface area contributed by atoms with Gasteiger partial charge in [0.05, 0.1) is 24.5 Å². The molecule has 2 aromatic heterocycles. The number of halogens is 5. The molecule has 3 aliphatic heterocycles. The first-order valence-electron chi connectivity index (χ1n) is 15.5. The molecule has 3 aliphatic rings. The van der Waals surface area contributed by atoms with Gasteiger partial charge in [0.2, 0.25) is 5.88 Å². The van der Waals surface area contributed by atoms with Gasteiger partial charge < -0.3 is 25.8 Å². The standard InChI is InChI=1S/C22H23F5N6O2.C8H13N.C2H6/c1-9-4-5-29-6-7-30-19-13-18(32-21(33-19)34-3)16(24)17(31-20(13)35-9)11-8-12(28)15(23)10(2)14(11)22(25,26)27;1-7-5-8-3-2-4-9(8)6-7;1-2/h8-9,29H,4-7,28H2,1-3H3,(H,30,32,33);8H,1-6H2;1-2H3. The molecule has 0 bridgehead atoms. The lowest BCUT2D eigenvalue weighted by molar-refractivity contribution is -0.137. The van der Waals surface area contributed by atoms with E-state index in [1.807, 2.05) is 13.8 Å². The first-order valence-corrected chi connectivity index (χ1v) is 15.5. The van der Waals surface area contributed by atoms with Crippen LogP contribution in [-0.4, -0.2) is 71.8 Å². The Bertz CT molecular complexity index is 1550. The zero-order chi connectivity index (χ0) is 33.8. The molecule has 3 aromatic rings. The fraction of sp³-hybridized carbons (Fsp3) is 0.531. The van der Waals surface area contributed by atoms with E-state index in [0.717, 1.165) is 13.0 Å². The lowest BCUT2D eigenvalue weighted by atomic mass is 9.96. The lowest BCUT2D eigenvalue weighted by Gasteiger charge is -2.21. The van der Waals surface area contributed by atoms with Gasteiger partial charge in [0, 0.05) is 31.2 Å². The number of fused-ring (bicyclic) bond motifs is 1. The zero-order valence-corrected chi connectivity index (χ0v) is 26.9. The molecule has 6 rings (SSSR count). The average molecular weight is 652 g/mol. The second-order valence-corrected chi connectivity index (χ2v) is 11.3. The number of anilines is 2. The molecule has 0 amide bonds. The Balaban J connectivity index is 0.000000367. The summed E-state index contributed by atoms with van der Waals surface area (Å²) >= 11 is 0. The van der Waals surface area contributed by atoms with Gasteiger partial charge in [-0.15, -0.1) is 0 Å². The molecule has 0 saturated carbocycles. The van der Waals surface area contributed by atoms with E-state index in [9.17, 15) is 17.6 Å². The van der Waals surface area contributed by atoms with Crippen molar-refractivity contribution in [2.75, 3.05) is 50.9 Å². The van der Waals surface area contributed by atoms with Crippen LogP contribution in [0.3, 0.4) is 0 Å². The van der Waals surface area contributed by atoms with Crippen LogP contribution in [-0.2, 0) is 6.18 Å². The summed E-state index contributed by atoms with van der Waals surface area (Å²) in [5.74, 6) is -2.47. The molecule has 2 unspecified atom stereocenters. The van der Waals surface area contributed by atoms with E-state index in [-0.39, 0.29) is 28.6 Å². The molecule has 2 atom stereocenters. The first-order chi connectivity index (χ1) is 21.9. The van der Waals surface area contributed by atoms with E-state index >= 15 is 4.39 Å². The highest BCUT2D eigenvalue weighted by Gasteiger charge is 2.39. The number of nitrogens with two attached hydrogens (primary N) is 1. The van der Waals surface area contributed by atoms with Crippen LogP contribution in [0.2, 0.25) is 0 Å². The first kappa shape index (κ1) is 35.1. The predicted octanol–water partition coefficient (Wildman–Crippen LogP) is 6.50. The maximum atomic E-state index is 15.9. The van der Waals surface area contributed by atoms with Crippen LogP contribution in [0.1, 0.15) is 57.6 Å². The molecular weight excluding hydrogens is 609 g/mol. The van der Waals surface area contributed by atoms with Gasteiger partial charge in [-0.25, -0.2) is 13.8 Å². The van der Waals surface area contributed by atoms with Crippen molar-refractivity contribution in [3.63, 3.8) is 0 Å². The average Bonchev–Trinajstić information content (AvgIpc) is 3.59. The number of benzene rings is 1. The van der Waals surface area contributed by atoms with Crippen molar-refractivity contribution < 1.29 is 31.4 Å². The van der Waals surface area contributed by atoms with Gasteiger partial charge in [0.25, 0.3) is 0 Å². The third kappa shape index (κ3) is 7.43. The minimum atomic E-state index is -5.02. The topological polar surface area (TPSA) is 110 Å². The molecular formula is C32H42F5N7O2. The molecule has 252 valence electrons. The van der Waals surface area contributed by atoms with Crippen molar-refractivity contribution in [2.24, 2.45) is 0 Å². The van der Waals surface area contributed by atoms with Crippen molar-refractivity contribution in [3.05, 3.63) is 41.0 Å². The SMILES string of the molecule is C=C1CC2CCCN2C1.CC.COc1nc2c3c(nc(-c4cc(N)c(F)c(C)c4C(F)(F)F)c(F)c3n1)OC(C)CCNCCN2. The Morgan fingerprint density at radius 1 is 1.09 bits per heavy atom. The highest BCUT2D eigenvalue weighted by atomic mass is 19.4. The largest absolute Gasteiger partial charge is 0.474 e. The molecule has 46 heavy (non-hydrogen) atoms. The second-order valence-electron chi connectivity index (χ2n) is 11.3. The third-order valence-corrected chi connectivity index (χ3v) is 8.06.